The van der Waals surface area contributed by atoms with Gasteiger partial charge in [0.2, 0.25) is 5.91 Å². The van der Waals surface area contributed by atoms with E-state index in [2.05, 4.69) is 15.4 Å². The average molecular weight is 323 g/mol. The van der Waals surface area contributed by atoms with Gasteiger partial charge in [0, 0.05) is 5.02 Å². The fourth-order valence-electron chi connectivity index (χ4n) is 2.11. The van der Waals surface area contributed by atoms with Crippen LogP contribution in [0.3, 0.4) is 0 Å². The molecule has 118 valence electrons. The molecule has 0 fully saturated rings. The number of rotatable bonds is 5. The second kappa shape index (κ2) is 6.79. The lowest BCUT2D eigenvalue weighted by Crippen LogP contribution is -2.25. The highest BCUT2D eigenvalue weighted by molar-refractivity contribution is 6.31. The molecule has 0 saturated heterocycles. The van der Waals surface area contributed by atoms with Crippen molar-refractivity contribution in [3.63, 3.8) is 0 Å². The molecule has 22 heavy (non-hydrogen) atoms. The van der Waals surface area contributed by atoms with E-state index in [4.69, 9.17) is 16.3 Å². The summed E-state index contributed by atoms with van der Waals surface area (Å²) in [5.41, 5.74) is 0.554. The van der Waals surface area contributed by atoms with Crippen LogP contribution in [0.15, 0.2) is 18.2 Å². The Labute approximate surface area is 134 Å². The van der Waals surface area contributed by atoms with Crippen LogP contribution in [0.25, 0.3) is 0 Å². The summed E-state index contributed by atoms with van der Waals surface area (Å²) in [6.45, 7) is 5.99. The number of carbonyl (C=O) groups excluding carboxylic acids is 1. The van der Waals surface area contributed by atoms with Gasteiger partial charge in [-0.15, -0.1) is 0 Å². The molecule has 2 rings (SSSR count). The van der Waals surface area contributed by atoms with Crippen molar-refractivity contribution < 1.29 is 9.53 Å². The zero-order valence-corrected chi connectivity index (χ0v) is 13.8. The van der Waals surface area contributed by atoms with E-state index in [-0.39, 0.29) is 11.8 Å². The molecule has 0 unspecified atom stereocenters. The van der Waals surface area contributed by atoms with Gasteiger partial charge in [0.05, 0.1) is 25.3 Å². The van der Waals surface area contributed by atoms with Gasteiger partial charge >= 0.3 is 0 Å². The Morgan fingerprint density at radius 1 is 1.45 bits per heavy atom. The van der Waals surface area contributed by atoms with Crippen molar-refractivity contribution in [2.24, 2.45) is 5.92 Å². The van der Waals surface area contributed by atoms with Crippen molar-refractivity contribution in [2.75, 3.05) is 12.4 Å². The number of carbonyl (C=O) groups is 1. The average Bonchev–Trinajstić information content (AvgIpc) is 2.77. The van der Waals surface area contributed by atoms with E-state index in [9.17, 15) is 4.79 Å². The number of methoxy groups -OCH3 is 1. The van der Waals surface area contributed by atoms with Crippen molar-refractivity contribution in [3.05, 3.63) is 34.9 Å². The topological polar surface area (TPSA) is 69.0 Å². The summed E-state index contributed by atoms with van der Waals surface area (Å²) in [6, 6.07) is 5.09. The summed E-state index contributed by atoms with van der Waals surface area (Å²) >= 11 is 5.96. The molecule has 2 aromatic rings. The third-order valence-electron chi connectivity index (χ3n) is 3.28. The standard InChI is InChI=1S/C15H19ClN4O2/c1-9(8-20-11(3)17-10(2)19-20)15(21)18-13-7-12(16)5-6-14(13)22-4/h5-7,9H,8H2,1-4H3,(H,18,21)/t9-/m1/s1. The van der Waals surface area contributed by atoms with Gasteiger partial charge in [-0.3, -0.25) is 4.79 Å². The van der Waals surface area contributed by atoms with Crippen LogP contribution in [0, 0.1) is 19.8 Å². The van der Waals surface area contributed by atoms with Crippen molar-refractivity contribution in [1.82, 2.24) is 14.8 Å². The number of aromatic nitrogens is 3. The SMILES string of the molecule is COc1ccc(Cl)cc1NC(=O)[C@H](C)Cn1nc(C)nc1C. The number of amides is 1. The lowest BCUT2D eigenvalue weighted by atomic mass is 10.1. The molecular weight excluding hydrogens is 304 g/mol. The summed E-state index contributed by atoms with van der Waals surface area (Å²) in [5.74, 6) is 1.65. The summed E-state index contributed by atoms with van der Waals surface area (Å²) in [6.07, 6.45) is 0. The molecule has 1 aromatic carbocycles. The minimum Gasteiger partial charge on any atom is -0.495 e. The minimum absolute atomic E-state index is 0.131. The van der Waals surface area contributed by atoms with Crippen LogP contribution in [-0.2, 0) is 11.3 Å². The number of ether oxygens (including phenoxy) is 1. The number of anilines is 1. The number of nitrogens with one attached hydrogen (secondary N) is 1. The molecule has 1 amide bonds. The van der Waals surface area contributed by atoms with Crippen LogP contribution in [0.5, 0.6) is 5.75 Å². The molecule has 0 saturated carbocycles. The van der Waals surface area contributed by atoms with E-state index in [0.717, 1.165) is 5.82 Å². The van der Waals surface area contributed by atoms with E-state index in [1.165, 1.54) is 0 Å². The molecule has 1 N–H and O–H groups in total. The van der Waals surface area contributed by atoms with Crippen LogP contribution in [0.4, 0.5) is 5.69 Å². The molecule has 0 spiro atoms. The Hall–Kier alpha value is -2.08. The molecule has 0 bridgehead atoms. The van der Waals surface area contributed by atoms with Crippen LogP contribution in [0.1, 0.15) is 18.6 Å². The molecule has 0 aliphatic rings. The van der Waals surface area contributed by atoms with Crippen LogP contribution in [0.2, 0.25) is 5.02 Å². The van der Waals surface area contributed by atoms with Gasteiger partial charge in [-0.05, 0) is 32.0 Å². The lowest BCUT2D eigenvalue weighted by molar-refractivity contribution is -0.119. The second-order valence-electron chi connectivity index (χ2n) is 5.12. The first-order valence-electron chi connectivity index (χ1n) is 6.93. The Morgan fingerprint density at radius 3 is 2.77 bits per heavy atom. The highest BCUT2D eigenvalue weighted by Crippen LogP contribution is 2.28. The van der Waals surface area contributed by atoms with Crippen LogP contribution >= 0.6 is 11.6 Å². The number of nitrogens with zero attached hydrogens (tertiary/aromatic N) is 3. The summed E-state index contributed by atoms with van der Waals surface area (Å²) in [5, 5.41) is 7.64. The van der Waals surface area contributed by atoms with Crippen molar-refractivity contribution in [1.29, 1.82) is 0 Å². The molecule has 1 atom stereocenters. The van der Waals surface area contributed by atoms with Gasteiger partial charge in [-0.1, -0.05) is 18.5 Å². The summed E-state index contributed by atoms with van der Waals surface area (Å²) in [7, 11) is 1.55. The molecule has 1 heterocycles. The maximum absolute atomic E-state index is 12.3. The van der Waals surface area contributed by atoms with E-state index in [1.807, 2.05) is 20.8 Å². The van der Waals surface area contributed by atoms with Gasteiger partial charge in [-0.25, -0.2) is 9.67 Å². The molecule has 0 aliphatic heterocycles. The number of halogens is 1. The predicted octanol–water partition coefficient (Wildman–Crippen LogP) is 2.83. The molecule has 0 radical (unpaired) electrons. The lowest BCUT2D eigenvalue weighted by Gasteiger charge is -2.15. The third kappa shape index (κ3) is 3.76. The van der Waals surface area contributed by atoms with Gasteiger partial charge in [0.1, 0.15) is 17.4 Å². The van der Waals surface area contributed by atoms with Gasteiger partial charge < -0.3 is 10.1 Å². The number of aryl methyl sites for hydroxylation is 2. The second-order valence-corrected chi connectivity index (χ2v) is 5.56. The van der Waals surface area contributed by atoms with Crippen molar-refractivity contribution in [2.45, 2.75) is 27.3 Å². The Morgan fingerprint density at radius 2 is 2.18 bits per heavy atom. The normalized spacial score (nSPS) is 12.0. The smallest absolute Gasteiger partial charge is 0.229 e. The summed E-state index contributed by atoms with van der Waals surface area (Å²) < 4.78 is 6.95. The number of hydrogen-bond acceptors (Lipinski definition) is 4. The Kier molecular flexibility index (Phi) is 5.03. The van der Waals surface area contributed by atoms with Crippen LogP contribution < -0.4 is 10.1 Å². The fraction of sp³-hybridized carbons (Fsp3) is 0.400. The molecule has 1 aromatic heterocycles. The summed E-state index contributed by atoms with van der Waals surface area (Å²) in [4.78, 5) is 16.6. The molecular formula is C15H19ClN4O2. The highest BCUT2D eigenvalue weighted by atomic mass is 35.5. The maximum atomic E-state index is 12.3. The minimum atomic E-state index is -0.275. The monoisotopic (exact) mass is 322 g/mol. The first-order chi connectivity index (χ1) is 10.4. The third-order valence-corrected chi connectivity index (χ3v) is 3.51. The van der Waals surface area contributed by atoms with E-state index < -0.39 is 0 Å². The van der Waals surface area contributed by atoms with Gasteiger partial charge in [-0.2, -0.15) is 5.10 Å². The Balaban J connectivity index is 2.08. The largest absolute Gasteiger partial charge is 0.495 e. The van der Waals surface area contributed by atoms with Crippen LogP contribution in [-0.4, -0.2) is 27.8 Å². The van der Waals surface area contributed by atoms with Crippen molar-refractivity contribution in [3.8, 4) is 5.75 Å². The quantitative estimate of drug-likeness (QED) is 0.919. The predicted molar refractivity (Wildman–Crippen MR) is 85.3 cm³/mol. The Bertz CT molecular complexity index is 684. The first-order valence-corrected chi connectivity index (χ1v) is 7.31. The van der Waals surface area contributed by atoms with E-state index >= 15 is 0 Å². The van der Waals surface area contributed by atoms with Gasteiger partial charge in [0.15, 0.2) is 0 Å². The molecule has 6 nitrogen and oxygen atoms in total. The first kappa shape index (κ1) is 16.3. The maximum Gasteiger partial charge on any atom is 0.229 e. The van der Waals surface area contributed by atoms with E-state index in [1.54, 1.807) is 30.0 Å². The number of hydrogen-bond donors (Lipinski definition) is 1. The zero-order chi connectivity index (χ0) is 16.3. The fourth-order valence-corrected chi connectivity index (χ4v) is 2.28. The van der Waals surface area contributed by atoms with Gasteiger partial charge in [0.25, 0.3) is 0 Å². The van der Waals surface area contributed by atoms with E-state index in [0.29, 0.717) is 28.8 Å². The zero-order valence-electron chi connectivity index (χ0n) is 13.1. The number of benzene rings is 1. The highest BCUT2D eigenvalue weighted by Gasteiger charge is 2.17. The molecule has 0 aliphatic carbocycles. The van der Waals surface area contributed by atoms with Crippen molar-refractivity contribution >= 4 is 23.2 Å². The molecule has 7 heteroatoms.